The van der Waals surface area contributed by atoms with Gasteiger partial charge in [-0.3, -0.25) is 10.1 Å². The molecule has 3 aromatic rings. The summed E-state index contributed by atoms with van der Waals surface area (Å²) >= 11 is 6.54. The summed E-state index contributed by atoms with van der Waals surface area (Å²) in [5.41, 5.74) is 3.75. The van der Waals surface area contributed by atoms with Crippen molar-refractivity contribution in [3.63, 3.8) is 0 Å². The number of esters is 1. The number of hydrogen-bond donors (Lipinski definition) is 0. The first-order valence-electron chi connectivity index (χ1n) is 9.35. The number of nitro groups is 1. The Hall–Kier alpha value is -3.78. The minimum absolute atomic E-state index is 0.0113. The van der Waals surface area contributed by atoms with Gasteiger partial charge < -0.3 is 4.74 Å². The van der Waals surface area contributed by atoms with E-state index in [1.807, 2.05) is 31.2 Å². The molecular weight excluding hydrogens is 420 g/mol. The molecule has 9 heteroatoms. The second-order valence-electron chi connectivity index (χ2n) is 7.08. The molecule has 0 bridgehead atoms. The second kappa shape index (κ2) is 7.81. The zero-order valence-corrected chi connectivity index (χ0v) is 17.7. The molecule has 2 heterocycles. The topological polar surface area (TPSA) is 99.6 Å². The average Bonchev–Trinajstić information content (AvgIpc) is 3.23. The molecule has 2 aromatic carbocycles. The number of aryl methyl sites for hydroxylation is 2. The van der Waals surface area contributed by atoms with E-state index in [4.69, 9.17) is 16.3 Å². The molecule has 0 fully saturated rings. The SMILES string of the molecule is Cc1ccc(-n2nc(C)c(/C=C3\N=C(c4cccc([N+](=O)[O-])c4C)OC3=O)c2Cl)cc1. The molecule has 0 unspecified atom stereocenters. The summed E-state index contributed by atoms with van der Waals surface area (Å²) in [5, 5.41) is 16.0. The standard InChI is InChI=1S/C22H17ClN4O4/c1-12-7-9-15(10-8-12)26-20(23)17(14(3)25-26)11-18-22(28)31-21(24-18)16-5-4-6-19(13(16)2)27(29)30/h4-11H,1-3H3/b18-11-. The van der Waals surface area contributed by atoms with E-state index < -0.39 is 10.9 Å². The van der Waals surface area contributed by atoms with Gasteiger partial charge in [-0.2, -0.15) is 5.10 Å². The highest BCUT2D eigenvalue weighted by Gasteiger charge is 2.28. The van der Waals surface area contributed by atoms with Crippen LogP contribution in [0.1, 0.15) is 27.9 Å². The lowest BCUT2D eigenvalue weighted by atomic mass is 10.1. The van der Waals surface area contributed by atoms with Crippen molar-refractivity contribution in [2.45, 2.75) is 20.8 Å². The van der Waals surface area contributed by atoms with E-state index in [1.165, 1.54) is 18.2 Å². The van der Waals surface area contributed by atoms with E-state index in [-0.39, 0.29) is 17.3 Å². The van der Waals surface area contributed by atoms with Crippen molar-refractivity contribution in [1.82, 2.24) is 9.78 Å². The van der Waals surface area contributed by atoms with Crippen LogP contribution in [0.25, 0.3) is 11.8 Å². The molecule has 156 valence electrons. The highest BCUT2D eigenvalue weighted by Crippen LogP contribution is 2.29. The highest BCUT2D eigenvalue weighted by atomic mass is 35.5. The lowest BCUT2D eigenvalue weighted by molar-refractivity contribution is -0.385. The van der Waals surface area contributed by atoms with Crippen LogP contribution in [0.3, 0.4) is 0 Å². The summed E-state index contributed by atoms with van der Waals surface area (Å²) in [6.07, 6.45) is 1.51. The van der Waals surface area contributed by atoms with E-state index in [9.17, 15) is 14.9 Å². The quantitative estimate of drug-likeness (QED) is 0.255. The summed E-state index contributed by atoms with van der Waals surface area (Å²) in [4.78, 5) is 27.4. The first-order chi connectivity index (χ1) is 14.8. The van der Waals surface area contributed by atoms with Gasteiger partial charge in [0.25, 0.3) is 5.69 Å². The fraction of sp³-hybridized carbons (Fsp3) is 0.136. The van der Waals surface area contributed by atoms with E-state index in [0.29, 0.717) is 27.5 Å². The molecule has 1 aliphatic heterocycles. The molecule has 1 aromatic heterocycles. The van der Waals surface area contributed by atoms with E-state index in [1.54, 1.807) is 24.6 Å². The highest BCUT2D eigenvalue weighted by molar-refractivity contribution is 6.31. The van der Waals surface area contributed by atoms with Crippen LogP contribution in [0.15, 0.2) is 53.2 Å². The molecule has 0 saturated heterocycles. The van der Waals surface area contributed by atoms with Crippen LogP contribution in [0.4, 0.5) is 5.69 Å². The lowest BCUT2D eigenvalue weighted by Crippen LogP contribution is -2.08. The predicted molar refractivity (Wildman–Crippen MR) is 116 cm³/mol. The molecule has 1 aliphatic rings. The first-order valence-corrected chi connectivity index (χ1v) is 9.73. The predicted octanol–water partition coefficient (Wildman–Crippen LogP) is 4.70. The minimum atomic E-state index is -0.667. The molecule has 0 radical (unpaired) electrons. The van der Waals surface area contributed by atoms with Crippen molar-refractivity contribution in [3.05, 3.63) is 91.4 Å². The molecule has 0 N–H and O–H groups in total. The zero-order chi connectivity index (χ0) is 22.3. The normalized spacial score (nSPS) is 14.6. The molecule has 8 nitrogen and oxygen atoms in total. The lowest BCUT2D eigenvalue weighted by Gasteiger charge is -2.04. The van der Waals surface area contributed by atoms with Gasteiger partial charge in [0, 0.05) is 22.8 Å². The first kappa shape index (κ1) is 20.5. The number of nitrogens with zero attached hydrogens (tertiary/aromatic N) is 4. The van der Waals surface area contributed by atoms with Crippen molar-refractivity contribution >= 4 is 35.2 Å². The van der Waals surface area contributed by atoms with Crippen LogP contribution in [-0.4, -0.2) is 26.6 Å². The van der Waals surface area contributed by atoms with Gasteiger partial charge in [0.05, 0.1) is 16.3 Å². The number of aromatic nitrogens is 2. The number of hydrogen-bond acceptors (Lipinski definition) is 6. The number of rotatable bonds is 4. The third kappa shape index (κ3) is 3.73. The van der Waals surface area contributed by atoms with Gasteiger partial charge in [-0.15, -0.1) is 0 Å². The number of nitro benzene ring substituents is 1. The van der Waals surface area contributed by atoms with Gasteiger partial charge in [-0.25, -0.2) is 14.5 Å². The van der Waals surface area contributed by atoms with Crippen LogP contribution >= 0.6 is 11.6 Å². The van der Waals surface area contributed by atoms with Crippen molar-refractivity contribution < 1.29 is 14.5 Å². The van der Waals surface area contributed by atoms with E-state index in [2.05, 4.69) is 10.1 Å². The number of ether oxygens (including phenoxy) is 1. The Balaban J connectivity index is 1.74. The fourth-order valence-electron chi connectivity index (χ4n) is 3.25. The van der Waals surface area contributed by atoms with Crippen LogP contribution < -0.4 is 0 Å². The van der Waals surface area contributed by atoms with Gasteiger partial charge >= 0.3 is 5.97 Å². The largest absolute Gasteiger partial charge is 0.402 e. The summed E-state index contributed by atoms with van der Waals surface area (Å²) in [7, 11) is 0. The third-order valence-corrected chi connectivity index (χ3v) is 5.32. The van der Waals surface area contributed by atoms with E-state index in [0.717, 1.165) is 11.3 Å². The third-order valence-electron chi connectivity index (χ3n) is 4.96. The Labute approximate surface area is 182 Å². The number of carbonyl (C=O) groups is 1. The number of cyclic esters (lactones) is 1. The Bertz CT molecular complexity index is 1290. The Morgan fingerprint density at radius 2 is 1.84 bits per heavy atom. The minimum Gasteiger partial charge on any atom is -0.402 e. The second-order valence-corrected chi connectivity index (χ2v) is 7.44. The molecule has 0 spiro atoms. The molecule has 0 saturated carbocycles. The van der Waals surface area contributed by atoms with Crippen LogP contribution in [0, 0.1) is 30.9 Å². The number of halogens is 1. The molecular formula is C22H17ClN4O4. The maximum Gasteiger partial charge on any atom is 0.363 e. The van der Waals surface area contributed by atoms with E-state index >= 15 is 0 Å². The summed E-state index contributed by atoms with van der Waals surface area (Å²) < 4.78 is 6.86. The zero-order valence-electron chi connectivity index (χ0n) is 16.9. The maximum atomic E-state index is 12.4. The fourth-order valence-corrected chi connectivity index (χ4v) is 3.57. The van der Waals surface area contributed by atoms with Gasteiger partial charge in [0.2, 0.25) is 5.90 Å². The van der Waals surface area contributed by atoms with Gasteiger partial charge in [0.15, 0.2) is 5.70 Å². The van der Waals surface area contributed by atoms with Crippen molar-refractivity contribution in [3.8, 4) is 5.69 Å². The van der Waals surface area contributed by atoms with Crippen molar-refractivity contribution in [2.75, 3.05) is 0 Å². The molecule has 0 atom stereocenters. The summed E-state index contributed by atoms with van der Waals surface area (Å²) in [6, 6.07) is 12.2. The van der Waals surface area contributed by atoms with Gasteiger partial charge in [-0.1, -0.05) is 35.4 Å². The molecule has 4 rings (SSSR count). The summed E-state index contributed by atoms with van der Waals surface area (Å²) in [6.45, 7) is 5.34. The molecule has 0 amide bonds. The number of aliphatic imine (C=N–C) groups is 1. The smallest absolute Gasteiger partial charge is 0.363 e. The van der Waals surface area contributed by atoms with Gasteiger partial charge in [0.1, 0.15) is 5.15 Å². The Kier molecular flexibility index (Phi) is 5.16. The van der Waals surface area contributed by atoms with Crippen molar-refractivity contribution in [1.29, 1.82) is 0 Å². The van der Waals surface area contributed by atoms with Gasteiger partial charge in [-0.05, 0) is 45.0 Å². The molecule has 0 aliphatic carbocycles. The van der Waals surface area contributed by atoms with Crippen LogP contribution in [0.5, 0.6) is 0 Å². The maximum absolute atomic E-state index is 12.4. The monoisotopic (exact) mass is 436 g/mol. The van der Waals surface area contributed by atoms with Crippen molar-refractivity contribution in [2.24, 2.45) is 4.99 Å². The Morgan fingerprint density at radius 3 is 2.52 bits per heavy atom. The number of benzene rings is 2. The molecule has 31 heavy (non-hydrogen) atoms. The summed E-state index contributed by atoms with van der Waals surface area (Å²) in [5.74, 6) is -0.656. The number of carbonyl (C=O) groups excluding carboxylic acids is 1. The Morgan fingerprint density at radius 1 is 1.13 bits per heavy atom. The van der Waals surface area contributed by atoms with Crippen LogP contribution in [-0.2, 0) is 9.53 Å². The van der Waals surface area contributed by atoms with Crippen LogP contribution in [0.2, 0.25) is 5.15 Å². The average molecular weight is 437 g/mol.